The molecule has 2 rings (SSSR count). The zero-order chi connectivity index (χ0) is 14.8. The highest BCUT2D eigenvalue weighted by Gasteiger charge is 2.17. The Labute approximate surface area is 115 Å². The van der Waals surface area contributed by atoms with Crippen molar-refractivity contribution in [1.82, 2.24) is 14.5 Å². The number of rotatable bonds is 5. The van der Waals surface area contributed by atoms with Crippen LogP contribution < -0.4 is 4.72 Å². The average Bonchev–Trinajstić information content (AvgIpc) is 2.88. The van der Waals surface area contributed by atoms with E-state index >= 15 is 0 Å². The molecule has 0 spiro atoms. The second-order valence-corrected chi connectivity index (χ2v) is 5.51. The SMILES string of the molecule is CCn1cnc(S(=O)(=O)Nc2ccc(C(=O)O)nc2)c1. The van der Waals surface area contributed by atoms with Crippen LogP contribution in [0.4, 0.5) is 5.69 Å². The lowest BCUT2D eigenvalue weighted by molar-refractivity contribution is 0.0690. The van der Waals surface area contributed by atoms with Crippen molar-refractivity contribution < 1.29 is 18.3 Å². The highest BCUT2D eigenvalue weighted by Crippen LogP contribution is 2.13. The molecule has 0 fully saturated rings. The predicted octanol–water partition coefficient (Wildman–Crippen LogP) is 0.797. The van der Waals surface area contributed by atoms with Crippen LogP contribution in [0.1, 0.15) is 17.4 Å². The van der Waals surface area contributed by atoms with E-state index in [1.165, 1.54) is 24.7 Å². The van der Waals surface area contributed by atoms with Crippen molar-refractivity contribution in [3.8, 4) is 0 Å². The maximum Gasteiger partial charge on any atom is 0.354 e. The molecule has 2 aromatic heterocycles. The van der Waals surface area contributed by atoms with Gasteiger partial charge in [-0.15, -0.1) is 0 Å². The van der Waals surface area contributed by atoms with Crippen LogP contribution in [0, 0.1) is 0 Å². The number of sulfonamides is 1. The van der Waals surface area contributed by atoms with Gasteiger partial charge < -0.3 is 9.67 Å². The molecule has 9 heteroatoms. The summed E-state index contributed by atoms with van der Waals surface area (Å²) in [6.45, 7) is 2.47. The Morgan fingerprint density at radius 3 is 2.65 bits per heavy atom. The lowest BCUT2D eigenvalue weighted by Gasteiger charge is -2.05. The summed E-state index contributed by atoms with van der Waals surface area (Å²) in [7, 11) is -3.81. The van der Waals surface area contributed by atoms with Crippen LogP contribution in [0.5, 0.6) is 0 Å². The van der Waals surface area contributed by atoms with E-state index < -0.39 is 16.0 Å². The Morgan fingerprint density at radius 1 is 1.40 bits per heavy atom. The number of nitrogens with zero attached hydrogens (tertiary/aromatic N) is 3. The molecule has 0 saturated heterocycles. The third kappa shape index (κ3) is 2.94. The number of anilines is 1. The van der Waals surface area contributed by atoms with Crippen molar-refractivity contribution in [3.05, 3.63) is 36.5 Å². The zero-order valence-corrected chi connectivity index (χ0v) is 11.3. The van der Waals surface area contributed by atoms with Crippen LogP contribution in [0.2, 0.25) is 0 Å². The van der Waals surface area contributed by atoms with E-state index in [4.69, 9.17) is 5.11 Å². The number of aryl methyl sites for hydroxylation is 1. The summed E-state index contributed by atoms with van der Waals surface area (Å²) >= 11 is 0. The van der Waals surface area contributed by atoms with Crippen LogP contribution in [0.15, 0.2) is 35.9 Å². The topological polar surface area (TPSA) is 114 Å². The van der Waals surface area contributed by atoms with Crippen molar-refractivity contribution in [1.29, 1.82) is 0 Å². The van der Waals surface area contributed by atoms with E-state index in [2.05, 4.69) is 14.7 Å². The predicted molar refractivity (Wildman–Crippen MR) is 69.9 cm³/mol. The van der Waals surface area contributed by atoms with Gasteiger partial charge in [-0.1, -0.05) is 0 Å². The standard InChI is InChI=1S/C11H12N4O4S/c1-2-15-6-10(13-7-15)20(18,19)14-8-3-4-9(11(16)17)12-5-8/h3-7,14H,2H2,1H3,(H,16,17). The fraction of sp³-hybridized carbons (Fsp3) is 0.182. The molecule has 2 aromatic rings. The number of carbonyl (C=O) groups is 1. The van der Waals surface area contributed by atoms with Gasteiger partial charge in [0.2, 0.25) is 0 Å². The summed E-state index contributed by atoms with van der Waals surface area (Å²) in [5.74, 6) is -1.18. The first-order valence-electron chi connectivity index (χ1n) is 5.66. The molecule has 8 nitrogen and oxygen atoms in total. The molecule has 106 valence electrons. The Balaban J connectivity index is 2.21. The van der Waals surface area contributed by atoms with Crippen molar-refractivity contribution in [3.63, 3.8) is 0 Å². The smallest absolute Gasteiger partial charge is 0.354 e. The molecule has 2 heterocycles. The van der Waals surface area contributed by atoms with E-state index in [9.17, 15) is 13.2 Å². The van der Waals surface area contributed by atoms with Crippen LogP contribution in [-0.4, -0.2) is 34.0 Å². The van der Waals surface area contributed by atoms with Crippen LogP contribution in [0.3, 0.4) is 0 Å². The molecule has 0 aliphatic rings. The number of aromatic nitrogens is 3. The molecule has 0 unspecified atom stereocenters. The molecule has 0 aliphatic heterocycles. The summed E-state index contributed by atoms with van der Waals surface area (Å²) in [5.41, 5.74) is 0.00394. The molecule has 0 saturated carbocycles. The summed E-state index contributed by atoms with van der Waals surface area (Å²) in [4.78, 5) is 18.1. The van der Waals surface area contributed by atoms with Gasteiger partial charge in [-0.3, -0.25) is 4.72 Å². The number of aromatic carboxylic acids is 1. The third-order valence-corrected chi connectivity index (χ3v) is 3.75. The van der Waals surface area contributed by atoms with E-state index in [1.807, 2.05) is 6.92 Å². The monoisotopic (exact) mass is 296 g/mol. The van der Waals surface area contributed by atoms with Gasteiger partial charge >= 0.3 is 5.97 Å². The molecule has 0 radical (unpaired) electrons. The van der Waals surface area contributed by atoms with Gasteiger partial charge in [0.15, 0.2) is 5.03 Å². The molecule has 0 amide bonds. The van der Waals surface area contributed by atoms with Crippen LogP contribution >= 0.6 is 0 Å². The number of pyridine rings is 1. The van der Waals surface area contributed by atoms with Crippen molar-refractivity contribution in [2.24, 2.45) is 0 Å². The van der Waals surface area contributed by atoms with Crippen LogP contribution in [0.25, 0.3) is 0 Å². The number of nitrogens with one attached hydrogen (secondary N) is 1. The normalized spacial score (nSPS) is 11.2. The minimum absolute atomic E-state index is 0.110. The molecule has 0 aromatic carbocycles. The van der Waals surface area contributed by atoms with Gasteiger partial charge in [-0.2, -0.15) is 8.42 Å². The highest BCUT2D eigenvalue weighted by atomic mass is 32.2. The van der Waals surface area contributed by atoms with Gasteiger partial charge in [0, 0.05) is 12.7 Å². The van der Waals surface area contributed by atoms with Crippen molar-refractivity contribution in [2.75, 3.05) is 4.72 Å². The van der Waals surface area contributed by atoms with E-state index in [0.29, 0.717) is 6.54 Å². The molecule has 0 atom stereocenters. The van der Waals surface area contributed by atoms with E-state index in [0.717, 1.165) is 6.20 Å². The number of hydrogen-bond donors (Lipinski definition) is 2. The van der Waals surface area contributed by atoms with E-state index in [1.54, 1.807) is 4.57 Å². The van der Waals surface area contributed by atoms with Crippen LogP contribution in [-0.2, 0) is 16.6 Å². The maximum absolute atomic E-state index is 12.0. The minimum atomic E-state index is -3.81. The van der Waals surface area contributed by atoms with Crippen molar-refractivity contribution in [2.45, 2.75) is 18.5 Å². The first-order chi connectivity index (χ1) is 9.42. The van der Waals surface area contributed by atoms with Crippen molar-refractivity contribution >= 4 is 21.7 Å². The third-order valence-electron chi connectivity index (χ3n) is 2.48. The Hall–Kier alpha value is -2.42. The second-order valence-electron chi connectivity index (χ2n) is 3.89. The summed E-state index contributed by atoms with van der Waals surface area (Å²) in [6.07, 6.45) is 3.96. The Morgan fingerprint density at radius 2 is 2.15 bits per heavy atom. The summed E-state index contributed by atoms with van der Waals surface area (Å²) in [5, 5.41) is 8.59. The number of carboxylic acids is 1. The fourth-order valence-corrected chi connectivity index (χ4v) is 2.44. The van der Waals surface area contributed by atoms with Gasteiger partial charge in [0.25, 0.3) is 10.0 Å². The molecule has 2 N–H and O–H groups in total. The number of hydrogen-bond acceptors (Lipinski definition) is 5. The average molecular weight is 296 g/mol. The quantitative estimate of drug-likeness (QED) is 0.843. The Bertz CT molecular complexity index is 721. The number of imidazole rings is 1. The Kier molecular flexibility index (Phi) is 3.70. The lowest BCUT2D eigenvalue weighted by atomic mass is 10.3. The second kappa shape index (κ2) is 5.29. The lowest BCUT2D eigenvalue weighted by Crippen LogP contribution is -2.14. The molecule has 20 heavy (non-hydrogen) atoms. The summed E-state index contributed by atoms with van der Waals surface area (Å²) in [6, 6.07) is 2.54. The minimum Gasteiger partial charge on any atom is -0.477 e. The highest BCUT2D eigenvalue weighted by molar-refractivity contribution is 7.92. The first kappa shape index (κ1) is 14.0. The van der Waals surface area contributed by atoms with Gasteiger partial charge in [0.1, 0.15) is 5.69 Å². The fourth-order valence-electron chi connectivity index (χ4n) is 1.44. The first-order valence-corrected chi connectivity index (χ1v) is 7.14. The number of carboxylic acid groups (broad SMARTS) is 1. The molecule has 0 bridgehead atoms. The van der Waals surface area contributed by atoms with Gasteiger partial charge in [0.05, 0.1) is 18.2 Å². The zero-order valence-electron chi connectivity index (χ0n) is 10.5. The maximum atomic E-state index is 12.0. The largest absolute Gasteiger partial charge is 0.477 e. The summed E-state index contributed by atoms with van der Waals surface area (Å²) < 4.78 is 27.9. The molecule has 0 aliphatic carbocycles. The van der Waals surface area contributed by atoms with E-state index in [-0.39, 0.29) is 16.4 Å². The van der Waals surface area contributed by atoms with Gasteiger partial charge in [-0.05, 0) is 19.1 Å². The molecular formula is C11H12N4O4S. The molecular weight excluding hydrogens is 284 g/mol. The van der Waals surface area contributed by atoms with Gasteiger partial charge in [-0.25, -0.2) is 14.8 Å².